The number of piperidine rings is 1. The van der Waals surface area contributed by atoms with Gasteiger partial charge in [0.1, 0.15) is 11.6 Å². The van der Waals surface area contributed by atoms with Crippen molar-refractivity contribution in [3.8, 4) is 0 Å². The minimum absolute atomic E-state index is 0.0667. The first-order valence-electron chi connectivity index (χ1n) is 13.2. The van der Waals surface area contributed by atoms with Crippen LogP contribution in [0.1, 0.15) is 69.1 Å². The minimum atomic E-state index is 0.0667. The molecule has 1 saturated heterocycles. The molecule has 0 aliphatic carbocycles. The smallest absolute Gasteiger partial charge is 0.254 e. The van der Waals surface area contributed by atoms with Gasteiger partial charge in [0.25, 0.3) is 5.91 Å². The number of fused-ring (bicyclic) bond motifs is 1. The summed E-state index contributed by atoms with van der Waals surface area (Å²) in [5.41, 5.74) is 3.83. The number of aromatic nitrogens is 3. The summed E-state index contributed by atoms with van der Waals surface area (Å²) in [7, 11) is 0. The first-order valence-corrected chi connectivity index (χ1v) is 14.4. The van der Waals surface area contributed by atoms with Crippen LogP contribution in [0.25, 0.3) is 0 Å². The van der Waals surface area contributed by atoms with Gasteiger partial charge in [0.05, 0.1) is 11.8 Å². The Morgan fingerprint density at radius 2 is 2.11 bits per heavy atom. The molecule has 0 bridgehead atoms. The van der Waals surface area contributed by atoms with Gasteiger partial charge in [-0.2, -0.15) is 0 Å². The van der Waals surface area contributed by atoms with Crippen molar-refractivity contribution in [3.05, 3.63) is 65.0 Å². The zero-order valence-corrected chi connectivity index (χ0v) is 24.0. The first kappa shape index (κ1) is 27.9. The SMILES string of the molecule is C/C=C(\C=C(/C)Nc1ncc2c(n1)CN([C@@H]1CCN(C(=O)c3ccnc(NSC)c3)[C@H](C)C1)C2)OC(C)C. The molecule has 4 heterocycles. The summed E-state index contributed by atoms with van der Waals surface area (Å²) >= 11 is 1.46. The van der Waals surface area contributed by atoms with Gasteiger partial charge in [0.15, 0.2) is 0 Å². The number of amides is 1. The lowest BCUT2D eigenvalue weighted by atomic mass is 9.96. The molecule has 0 unspecified atom stereocenters. The second-order valence-electron chi connectivity index (χ2n) is 10.1. The van der Waals surface area contributed by atoms with Gasteiger partial charge >= 0.3 is 0 Å². The first-order chi connectivity index (χ1) is 18.3. The summed E-state index contributed by atoms with van der Waals surface area (Å²) in [6.07, 6.45) is 11.5. The van der Waals surface area contributed by atoms with Gasteiger partial charge in [0.2, 0.25) is 5.95 Å². The summed E-state index contributed by atoms with van der Waals surface area (Å²) in [5, 5.41) is 3.30. The fraction of sp³-hybridized carbons (Fsp3) is 0.500. The summed E-state index contributed by atoms with van der Waals surface area (Å²) in [5.74, 6) is 2.18. The van der Waals surface area contributed by atoms with Gasteiger partial charge in [-0.05, 0) is 71.7 Å². The highest BCUT2D eigenvalue weighted by atomic mass is 32.2. The van der Waals surface area contributed by atoms with Crippen LogP contribution >= 0.6 is 11.9 Å². The third-order valence-corrected chi connectivity index (χ3v) is 7.26. The van der Waals surface area contributed by atoms with Crippen LogP contribution in [0.3, 0.4) is 0 Å². The molecule has 4 rings (SSSR count). The molecule has 2 aliphatic heterocycles. The number of ether oxygens (including phenoxy) is 1. The van der Waals surface area contributed by atoms with Crippen molar-refractivity contribution < 1.29 is 9.53 Å². The molecule has 2 aliphatic rings. The maximum atomic E-state index is 13.2. The molecular formula is C28H39N7O2S. The lowest BCUT2D eigenvalue weighted by Crippen LogP contribution is -2.50. The third kappa shape index (κ3) is 6.85. The fourth-order valence-corrected chi connectivity index (χ4v) is 5.37. The molecule has 2 aromatic heterocycles. The number of carbonyl (C=O) groups is 1. The van der Waals surface area contributed by atoms with Gasteiger partial charge in [-0.15, -0.1) is 0 Å². The molecule has 2 aromatic rings. The lowest BCUT2D eigenvalue weighted by Gasteiger charge is -2.41. The van der Waals surface area contributed by atoms with Crippen molar-refractivity contribution in [2.45, 2.75) is 78.7 Å². The van der Waals surface area contributed by atoms with Crippen LogP contribution in [0.2, 0.25) is 0 Å². The van der Waals surface area contributed by atoms with Crippen LogP contribution in [0.15, 0.2) is 48.1 Å². The second kappa shape index (κ2) is 12.6. The van der Waals surface area contributed by atoms with E-state index in [0.717, 1.165) is 49.6 Å². The Kier molecular flexibility index (Phi) is 9.27. The van der Waals surface area contributed by atoms with Crippen LogP contribution in [0.5, 0.6) is 0 Å². The largest absolute Gasteiger partial charge is 0.491 e. The van der Waals surface area contributed by atoms with Crippen LogP contribution < -0.4 is 10.0 Å². The standard InChI is InChI=1S/C28H39N7O2S/c1-7-24(37-18(2)3)12-19(4)31-28-30-15-22-16-34(17-25(22)32-28)23-9-11-35(20(5)13-23)27(36)21-8-10-29-26(14-21)33-38-6/h7-8,10,12,14-15,18,20,23H,9,11,13,16-17H2,1-6H3,(H,29,33)(H,30,31,32)/b19-12+,24-7+/t20-,23-/m1/s1. The van der Waals surface area contributed by atoms with Crippen LogP contribution in [-0.2, 0) is 17.8 Å². The molecule has 38 heavy (non-hydrogen) atoms. The average molecular weight is 538 g/mol. The summed E-state index contributed by atoms with van der Waals surface area (Å²) in [6.45, 7) is 12.5. The lowest BCUT2D eigenvalue weighted by molar-refractivity contribution is 0.0460. The highest BCUT2D eigenvalue weighted by Crippen LogP contribution is 2.30. The zero-order chi connectivity index (χ0) is 27.2. The second-order valence-corrected chi connectivity index (χ2v) is 10.8. The molecule has 0 radical (unpaired) electrons. The third-order valence-electron chi connectivity index (χ3n) is 6.84. The topological polar surface area (TPSA) is 95.5 Å². The Morgan fingerprint density at radius 3 is 2.82 bits per heavy atom. The summed E-state index contributed by atoms with van der Waals surface area (Å²) in [4.78, 5) is 31.4. The highest BCUT2D eigenvalue weighted by molar-refractivity contribution is 7.99. The molecule has 0 aromatic carbocycles. The quantitative estimate of drug-likeness (QED) is 0.254. The number of pyridine rings is 1. The van der Waals surface area contributed by atoms with E-state index >= 15 is 0 Å². The number of allylic oxidation sites excluding steroid dienone is 3. The predicted molar refractivity (Wildman–Crippen MR) is 154 cm³/mol. The van der Waals surface area contributed by atoms with E-state index in [0.29, 0.717) is 23.4 Å². The molecule has 0 spiro atoms. The van der Waals surface area contributed by atoms with Crippen molar-refractivity contribution in [3.63, 3.8) is 0 Å². The average Bonchev–Trinajstić information content (AvgIpc) is 3.31. The van der Waals surface area contributed by atoms with Crippen LogP contribution in [0, 0.1) is 0 Å². The minimum Gasteiger partial charge on any atom is -0.491 e. The Labute approximate surface area is 230 Å². The number of nitrogens with one attached hydrogen (secondary N) is 2. The van der Waals surface area contributed by atoms with Gasteiger partial charge in [-0.25, -0.2) is 15.0 Å². The van der Waals surface area contributed by atoms with Gasteiger partial charge in [-0.3, -0.25) is 9.69 Å². The maximum absolute atomic E-state index is 13.2. The molecule has 204 valence electrons. The van der Waals surface area contributed by atoms with E-state index in [1.807, 2.05) is 63.3 Å². The number of anilines is 2. The normalized spacial score (nSPS) is 20.4. The molecule has 1 amide bonds. The van der Waals surface area contributed by atoms with Crippen molar-refractivity contribution in [2.24, 2.45) is 0 Å². The molecule has 9 nitrogen and oxygen atoms in total. The molecule has 10 heteroatoms. The van der Waals surface area contributed by atoms with Crippen molar-refractivity contribution in [1.29, 1.82) is 0 Å². The number of hydrogen-bond acceptors (Lipinski definition) is 9. The number of nitrogens with zero attached hydrogens (tertiary/aromatic N) is 5. The van der Waals surface area contributed by atoms with Crippen molar-refractivity contribution in [2.75, 3.05) is 22.8 Å². The van der Waals surface area contributed by atoms with Gasteiger partial charge in [0, 0.05) is 67.2 Å². The Bertz CT molecular complexity index is 1200. The predicted octanol–water partition coefficient (Wildman–Crippen LogP) is 5.21. The molecule has 0 saturated carbocycles. The van der Waals surface area contributed by atoms with E-state index in [1.54, 1.807) is 12.3 Å². The van der Waals surface area contributed by atoms with E-state index in [-0.39, 0.29) is 18.1 Å². The highest BCUT2D eigenvalue weighted by Gasteiger charge is 2.35. The number of carbonyl (C=O) groups excluding carboxylic acids is 1. The number of likely N-dealkylation sites (tertiary alicyclic amines) is 1. The Balaban J connectivity index is 1.35. The monoisotopic (exact) mass is 537 g/mol. The molecule has 1 fully saturated rings. The van der Waals surface area contributed by atoms with Gasteiger partial charge < -0.3 is 19.7 Å². The van der Waals surface area contributed by atoms with E-state index in [9.17, 15) is 4.79 Å². The van der Waals surface area contributed by atoms with E-state index in [4.69, 9.17) is 9.72 Å². The van der Waals surface area contributed by atoms with E-state index in [1.165, 1.54) is 17.5 Å². The van der Waals surface area contributed by atoms with Crippen LogP contribution in [-0.4, -0.2) is 61.6 Å². The Hall–Kier alpha value is -3.11. The van der Waals surface area contributed by atoms with E-state index in [2.05, 4.69) is 31.8 Å². The molecule has 2 N–H and O–H groups in total. The molecule has 2 atom stereocenters. The van der Waals surface area contributed by atoms with Crippen molar-refractivity contribution in [1.82, 2.24) is 24.8 Å². The van der Waals surface area contributed by atoms with E-state index < -0.39 is 0 Å². The maximum Gasteiger partial charge on any atom is 0.254 e. The summed E-state index contributed by atoms with van der Waals surface area (Å²) < 4.78 is 8.90. The van der Waals surface area contributed by atoms with Gasteiger partial charge in [-0.1, -0.05) is 11.9 Å². The number of hydrogen-bond donors (Lipinski definition) is 2. The zero-order valence-electron chi connectivity index (χ0n) is 23.2. The van der Waals surface area contributed by atoms with Crippen molar-refractivity contribution >= 4 is 29.6 Å². The summed E-state index contributed by atoms with van der Waals surface area (Å²) in [6, 6.07) is 4.17. The fourth-order valence-electron chi connectivity index (χ4n) is 5.05. The Morgan fingerprint density at radius 1 is 1.29 bits per heavy atom. The van der Waals surface area contributed by atoms with Crippen LogP contribution in [0.4, 0.5) is 11.8 Å². The number of rotatable bonds is 9. The molecular weight excluding hydrogens is 498 g/mol.